The van der Waals surface area contributed by atoms with Gasteiger partial charge in [0, 0.05) is 0 Å². The largest absolute Gasteiger partial charge is 0.496 e. The summed E-state index contributed by atoms with van der Waals surface area (Å²) in [7, 11) is 1.60. The van der Waals surface area contributed by atoms with Crippen molar-refractivity contribution >= 4 is 28.6 Å². The number of rotatable bonds is 3. The van der Waals surface area contributed by atoms with Gasteiger partial charge in [-0.3, -0.25) is 0 Å². The monoisotopic (exact) mass is 382 g/mol. The quantitative estimate of drug-likeness (QED) is 0.455. The molecule has 0 fully saturated rings. The van der Waals surface area contributed by atoms with Crippen LogP contribution in [0.3, 0.4) is 0 Å². The highest BCUT2D eigenvalue weighted by Gasteiger charge is 2.12. The number of halogens is 1. The Bertz CT molecular complexity index is 650. The second-order valence-electron chi connectivity index (χ2n) is 4.51. The molecule has 4 heteroatoms. The number of hydrogen-bond acceptors (Lipinski definition) is 3. The summed E-state index contributed by atoms with van der Waals surface area (Å²) >= 11 is 2.13. The molecule has 2 aromatic carbocycles. The van der Waals surface area contributed by atoms with Crippen LogP contribution in [0.2, 0.25) is 0 Å². The van der Waals surface area contributed by atoms with Crippen LogP contribution < -0.4 is 9.47 Å². The molecule has 0 aliphatic rings. The molecule has 0 heterocycles. The van der Waals surface area contributed by atoms with Gasteiger partial charge in [0.25, 0.3) is 0 Å². The smallest absolute Gasteiger partial charge is 0.343 e. The van der Waals surface area contributed by atoms with Gasteiger partial charge >= 0.3 is 5.97 Å². The number of hydrogen-bond donors (Lipinski definition) is 0. The molecule has 0 N–H and O–H groups in total. The van der Waals surface area contributed by atoms with Crippen LogP contribution >= 0.6 is 22.6 Å². The third kappa shape index (κ3) is 3.30. The fourth-order valence-corrected chi connectivity index (χ4v) is 2.60. The Morgan fingerprint density at radius 3 is 2.35 bits per heavy atom. The molecule has 104 valence electrons. The fraction of sp³-hybridized carbons (Fsp3) is 0.188. The lowest BCUT2D eigenvalue weighted by molar-refractivity contribution is 0.0733. The third-order valence-corrected chi connectivity index (χ3v) is 3.76. The predicted molar refractivity (Wildman–Crippen MR) is 86.6 cm³/mol. The van der Waals surface area contributed by atoms with E-state index >= 15 is 0 Å². The zero-order valence-corrected chi connectivity index (χ0v) is 13.7. The highest BCUT2D eigenvalue weighted by molar-refractivity contribution is 14.1. The zero-order valence-electron chi connectivity index (χ0n) is 11.6. The molecule has 2 rings (SSSR count). The standard InChI is InChI=1S/C16H15IO3/c1-10-4-6-14(11(2)8-10)20-16(18)12-5-7-15(19-3)13(17)9-12/h4-9H,1-3H3. The van der Waals surface area contributed by atoms with Crippen LogP contribution in [-0.4, -0.2) is 13.1 Å². The van der Waals surface area contributed by atoms with Crippen LogP contribution in [0.5, 0.6) is 11.5 Å². The molecule has 0 saturated carbocycles. The summed E-state index contributed by atoms with van der Waals surface area (Å²) in [6.45, 7) is 3.93. The van der Waals surface area contributed by atoms with Gasteiger partial charge in [-0.05, 0) is 66.3 Å². The van der Waals surface area contributed by atoms with Gasteiger partial charge in [0.1, 0.15) is 11.5 Å². The van der Waals surface area contributed by atoms with E-state index in [2.05, 4.69) is 22.6 Å². The Hall–Kier alpha value is -1.56. The SMILES string of the molecule is COc1ccc(C(=O)Oc2ccc(C)cc2C)cc1I. The minimum Gasteiger partial charge on any atom is -0.496 e. The number of esters is 1. The normalized spacial score (nSPS) is 10.2. The van der Waals surface area contributed by atoms with Gasteiger partial charge < -0.3 is 9.47 Å². The first-order valence-corrected chi connectivity index (χ1v) is 7.22. The molecule has 0 radical (unpaired) electrons. The zero-order chi connectivity index (χ0) is 14.7. The Morgan fingerprint density at radius 2 is 1.75 bits per heavy atom. The average Bonchev–Trinajstić information content (AvgIpc) is 2.41. The lowest BCUT2D eigenvalue weighted by Gasteiger charge is -2.09. The van der Waals surface area contributed by atoms with E-state index in [4.69, 9.17) is 9.47 Å². The molecule has 3 nitrogen and oxygen atoms in total. The average molecular weight is 382 g/mol. The topological polar surface area (TPSA) is 35.5 Å². The van der Waals surface area contributed by atoms with E-state index in [0.717, 1.165) is 20.4 Å². The van der Waals surface area contributed by atoms with Gasteiger partial charge in [-0.25, -0.2) is 4.79 Å². The van der Waals surface area contributed by atoms with Crippen molar-refractivity contribution in [2.24, 2.45) is 0 Å². The molecular formula is C16H15IO3. The minimum absolute atomic E-state index is 0.363. The third-order valence-electron chi connectivity index (χ3n) is 2.92. The molecule has 0 amide bonds. The van der Waals surface area contributed by atoms with Crippen molar-refractivity contribution in [1.82, 2.24) is 0 Å². The number of aryl methyl sites for hydroxylation is 2. The highest BCUT2D eigenvalue weighted by atomic mass is 127. The minimum atomic E-state index is -0.363. The summed E-state index contributed by atoms with van der Waals surface area (Å²) in [6, 6.07) is 10.9. The van der Waals surface area contributed by atoms with E-state index < -0.39 is 0 Å². The van der Waals surface area contributed by atoms with Crippen molar-refractivity contribution in [3.63, 3.8) is 0 Å². The molecule has 0 spiro atoms. The lowest BCUT2D eigenvalue weighted by Crippen LogP contribution is -2.09. The van der Waals surface area contributed by atoms with E-state index in [1.807, 2.05) is 32.0 Å². The van der Waals surface area contributed by atoms with E-state index in [1.54, 1.807) is 25.3 Å². The molecular weight excluding hydrogens is 367 g/mol. The van der Waals surface area contributed by atoms with Crippen molar-refractivity contribution < 1.29 is 14.3 Å². The summed E-state index contributed by atoms with van der Waals surface area (Å²) in [4.78, 5) is 12.1. The van der Waals surface area contributed by atoms with Crippen molar-refractivity contribution in [2.75, 3.05) is 7.11 Å². The second-order valence-corrected chi connectivity index (χ2v) is 5.67. The summed E-state index contributed by atoms with van der Waals surface area (Å²) in [5.41, 5.74) is 2.60. The summed E-state index contributed by atoms with van der Waals surface area (Å²) < 4.78 is 11.5. The molecule has 0 unspecified atom stereocenters. The van der Waals surface area contributed by atoms with Gasteiger partial charge in [0.15, 0.2) is 0 Å². The van der Waals surface area contributed by atoms with Gasteiger partial charge in [0.05, 0.1) is 16.2 Å². The maximum atomic E-state index is 12.1. The summed E-state index contributed by atoms with van der Waals surface area (Å²) in [6.07, 6.45) is 0. The van der Waals surface area contributed by atoms with Crippen molar-refractivity contribution in [1.29, 1.82) is 0 Å². The fourth-order valence-electron chi connectivity index (χ4n) is 1.87. The number of benzene rings is 2. The van der Waals surface area contributed by atoms with E-state index in [1.165, 1.54) is 0 Å². The molecule has 0 aromatic heterocycles. The maximum absolute atomic E-state index is 12.1. The van der Waals surface area contributed by atoms with Crippen molar-refractivity contribution in [3.05, 3.63) is 56.7 Å². The molecule has 0 saturated heterocycles. The molecule has 0 atom stereocenters. The van der Waals surface area contributed by atoms with Gasteiger partial charge in [0.2, 0.25) is 0 Å². The van der Waals surface area contributed by atoms with Crippen LogP contribution in [0.1, 0.15) is 21.5 Å². The maximum Gasteiger partial charge on any atom is 0.343 e. The number of methoxy groups -OCH3 is 1. The Labute approximate surface area is 132 Å². The number of carbonyl (C=O) groups is 1. The molecule has 20 heavy (non-hydrogen) atoms. The first-order chi connectivity index (χ1) is 9.51. The van der Waals surface area contributed by atoms with Crippen LogP contribution in [0.25, 0.3) is 0 Å². The van der Waals surface area contributed by atoms with Gasteiger partial charge in [-0.2, -0.15) is 0 Å². The van der Waals surface area contributed by atoms with Gasteiger partial charge in [-0.15, -0.1) is 0 Å². The van der Waals surface area contributed by atoms with Crippen LogP contribution in [0.4, 0.5) is 0 Å². The van der Waals surface area contributed by atoms with Crippen molar-refractivity contribution in [3.8, 4) is 11.5 Å². The Kier molecular flexibility index (Phi) is 4.65. The van der Waals surface area contributed by atoms with Crippen molar-refractivity contribution in [2.45, 2.75) is 13.8 Å². The van der Waals surface area contributed by atoms with E-state index in [9.17, 15) is 4.79 Å². The second kappa shape index (κ2) is 6.26. The first-order valence-electron chi connectivity index (χ1n) is 6.14. The van der Waals surface area contributed by atoms with E-state index in [0.29, 0.717) is 11.3 Å². The molecule has 2 aromatic rings. The van der Waals surface area contributed by atoms with Crippen LogP contribution in [-0.2, 0) is 0 Å². The first kappa shape index (κ1) is 14.8. The predicted octanol–water partition coefficient (Wildman–Crippen LogP) is 4.14. The molecule has 0 aliphatic heterocycles. The van der Waals surface area contributed by atoms with Gasteiger partial charge in [-0.1, -0.05) is 17.7 Å². The van der Waals surface area contributed by atoms with Crippen LogP contribution in [0, 0.1) is 17.4 Å². The van der Waals surface area contributed by atoms with Crippen LogP contribution in [0.15, 0.2) is 36.4 Å². The molecule has 0 bridgehead atoms. The number of carbonyl (C=O) groups excluding carboxylic acids is 1. The highest BCUT2D eigenvalue weighted by Crippen LogP contribution is 2.24. The Balaban J connectivity index is 2.21. The molecule has 0 aliphatic carbocycles. The lowest BCUT2D eigenvalue weighted by atomic mass is 10.1. The summed E-state index contributed by atoms with van der Waals surface area (Å²) in [5, 5.41) is 0. The Morgan fingerprint density at radius 1 is 1.05 bits per heavy atom. The van der Waals surface area contributed by atoms with E-state index in [-0.39, 0.29) is 5.97 Å². The summed E-state index contributed by atoms with van der Waals surface area (Å²) in [5.74, 6) is 0.970. The number of ether oxygens (including phenoxy) is 2.